The molecule has 0 aliphatic carbocycles. The molecule has 3 aromatic carbocycles. The lowest BCUT2D eigenvalue weighted by Crippen LogP contribution is -2.48. The summed E-state index contributed by atoms with van der Waals surface area (Å²) in [6.45, 7) is 4.96. The summed E-state index contributed by atoms with van der Waals surface area (Å²) in [5, 5.41) is 11.1. The van der Waals surface area contributed by atoms with Gasteiger partial charge in [0.15, 0.2) is 0 Å². The van der Waals surface area contributed by atoms with Crippen molar-refractivity contribution in [3.8, 4) is 6.07 Å². The van der Waals surface area contributed by atoms with Crippen LogP contribution in [-0.4, -0.2) is 60.2 Å². The number of imide groups is 1. The minimum absolute atomic E-state index is 0.0152. The molecule has 5 rings (SSSR count). The van der Waals surface area contributed by atoms with Crippen molar-refractivity contribution in [2.45, 2.75) is 32.4 Å². The van der Waals surface area contributed by atoms with E-state index in [4.69, 9.17) is 5.26 Å². The van der Waals surface area contributed by atoms with Gasteiger partial charge in [-0.25, -0.2) is 4.90 Å². The van der Waals surface area contributed by atoms with Crippen molar-refractivity contribution in [3.63, 3.8) is 0 Å². The van der Waals surface area contributed by atoms with Gasteiger partial charge in [-0.05, 0) is 73.8 Å². The van der Waals surface area contributed by atoms with Crippen molar-refractivity contribution < 1.29 is 27.6 Å². The standard InChI is InChI=1S/C32H29F3N4O3/c1-21-27(31(42)39(29(21)40)26-12-11-25(20-36)28(19-26)32(33,34)35)8-4-5-13-37-14-16-38(17-15-37)30(41)24-10-9-22-6-2-3-7-23(22)18-24/h2-3,6-7,9-12,18-19H,4-5,8,13-17H2,1H3. The van der Waals surface area contributed by atoms with Crippen molar-refractivity contribution in [2.24, 2.45) is 0 Å². The number of carbonyl (C=O) groups is 3. The van der Waals surface area contributed by atoms with Gasteiger partial charge in [0.05, 0.1) is 22.9 Å². The summed E-state index contributed by atoms with van der Waals surface area (Å²) in [5.41, 5.74) is -0.780. The summed E-state index contributed by atoms with van der Waals surface area (Å²) in [6, 6.07) is 18.0. The highest BCUT2D eigenvalue weighted by atomic mass is 19.4. The second-order valence-electron chi connectivity index (χ2n) is 10.5. The molecule has 0 unspecified atom stereocenters. The third kappa shape index (κ3) is 5.78. The van der Waals surface area contributed by atoms with Crippen molar-refractivity contribution in [1.29, 1.82) is 5.26 Å². The van der Waals surface area contributed by atoms with E-state index in [0.717, 1.165) is 47.8 Å². The number of fused-ring (bicyclic) bond motifs is 1. The van der Waals surface area contributed by atoms with E-state index in [1.165, 1.54) is 19.1 Å². The molecule has 3 amide bonds. The van der Waals surface area contributed by atoms with Gasteiger partial charge in [0.25, 0.3) is 17.7 Å². The number of alkyl halides is 3. The van der Waals surface area contributed by atoms with Gasteiger partial charge in [0.2, 0.25) is 0 Å². The van der Waals surface area contributed by atoms with Crippen LogP contribution in [0.5, 0.6) is 0 Å². The number of nitriles is 1. The molecule has 2 aliphatic heterocycles. The summed E-state index contributed by atoms with van der Waals surface area (Å²) >= 11 is 0. The van der Waals surface area contributed by atoms with Gasteiger partial charge in [-0.3, -0.25) is 19.3 Å². The first kappa shape index (κ1) is 29.0. The lowest BCUT2D eigenvalue weighted by molar-refractivity contribution is -0.138. The predicted octanol–water partition coefficient (Wildman–Crippen LogP) is 5.55. The van der Waals surface area contributed by atoms with E-state index in [0.29, 0.717) is 43.1 Å². The molecule has 216 valence electrons. The molecule has 0 radical (unpaired) electrons. The Morgan fingerprint density at radius 1 is 0.905 bits per heavy atom. The monoisotopic (exact) mass is 574 g/mol. The molecule has 1 fully saturated rings. The largest absolute Gasteiger partial charge is 0.417 e. The first-order valence-corrected chi connectivity index (χ1v) is 13.8. The molecular formula is C32H29F3N4O3. The summed E-state index contributed by atoms with van der Waals surface area (Å²) in [5.74, 6) is -1.27. The number of hydrogen-bond acceptors (Lipinski definition) is 5. The minimum Gasteiger partial charge on any atom is -0.336 e. The maximum absolute atomic E-state index is 13.4. The van der Waals surface area contributed by atoms with E-state index in [-0.39, 0.29) is 17.2 Å². The van der Waals surface area contributed by atoms with Crippen LogP contribution >= 0.6 is 0 Å². The highest BCUT2D eigenvalue weighted by Gasteiger charge is 2.39. The smallest absolute Gasteiger partial charge is 0.336 e. The van der Waals surface area contributed by atoms with Gasteiger partial charge < -0.3 is 4.90 Å². The highest BCUT2D eigenvalue weighted by Crippen LogP contribution is 2.37. The Hall–Kier alpha value is -4.49. The number of halogens is 3. The molecule has 0 aromatic heterocycles. The van der Waals surface area contributed by atoms with Crippen LogP contribution in [0.25, 0.3) is 10.8 Å². The Morgan fingerprint density at radius 2 is 1.62 bits per heavy atom. The molecular weight excluding hydrogens is 545 g/mol. The molecule has 0 bridgehead atoms. The fourth-order valence-electron chi connectivity index (χ4n) is 5.53. The molecule has 0 N–H and O–H groups in total. The van der Waals surface area contributed by atoms with Crippen molar-refractivity contribution >= 4 is 34.2 Å². The Labute approximate surface area is 241 Å². The number of rotatable bonds is 7. The van der Waals surface area contributed by atoms with Crippen molar-refractivity contribution in [2.75, 3.05) is 37.6 Å². The lowest BCUT2D eigenvalue weighted by Gasteiger charge is -2.34. The van der Waals surface area contributed by atoms with Gasteiger partial charge in [-0.1, -0.05) is 30.3 Å². The molecule has 7 nitrogen and oxygen atoms in total. The van der Waals surface area contributed by atoms with E-state index in [9.17, 15) is 27.6 Å². The quantitative estimate of drug-likeness (QED) is 0.273. The van der Waals surface area contributed by atoms with Crippen molar-refractivity contribution in [1.82, 2.24) is 9.80 Å². The lowest BCUT2D eigenvalue weighted by atomic mass is 10.0. The maximum atomic E-state index is 13.4. The number of amides is 3. The zero-order chi connectivity index (χ0) is 30.0. The second-order valence-corrected chi connectivity index (χ2v) is 10.5. The van der Waals surface area contributed by atoms with Crippen LogP contribution in [0.2, 0.25) is 0 Å². The van der Waals surface area contributed by atoms with E-state index in [1.54, 1.807) is 0 Å². The highest BCUT2D eigenvalue weighted by molar-refractivity contribution is 6.32. The predicted molar refractivity (Wildman–Crippen MR) is 151 cm³/mol. The number of benzene rings is 3. The minimum atomic E-state index is -4.80. The van der Waals surface area contributed by atoms with Crippen LogP contribution < -0.4 is 4.90 Å². The maximum Gasteiger partial charge on any atom is 0.417 e. The van der Waals surface area contributed by atoms with Gasteiger partial charge in [-0.15, -0.1) is 0 Å². The molecule has 0 atom stereocenters. The number of nitrogens with zero attached hydrogens (tertiary/aromatic N) is 4. The van der Waals surface area contributed by atoms with Gasteiger partial charge in [0, 0.05) is 42.9 Å². The van der Waals surface area contributed by atoms with Gasteiger partial charge in [-0.2, -0.15) is 18.4 Å². The molecule has 0 spiro atoms. The van der Waals surface area contributed by atoms with Crippen molar-refractivity contribution in [3.05, 3.63) is 88.5 Å². The number of hydrogen-bond donors (Lipinski definition) is 0. The molecule has 1 saturated heterocycles. The molecule has 2 heterocycles. The van der Waals surface area contributed by atoms with Crippen LogP contribution in [0.4, 0.5) is 18.9 Å². The molecule has 2 aliphatic rings. The number of piperazine rings is 1. The molecule has 0 saturated carbocycles. The molecule has 10 heteroatoms. The fourth-order valence-corrected chi connectivity index (χ4v) is 5.53. The van der Waals surface area contributed by atoms with Crippen LogP contribution in [-0.2, 0) is 15.8 Å². The Bertz CT molecular complexity index is 1630. The summed E-state index contributed by atoms with van der Waals surface area (Å²) in [7, 11) is 0. The number of anilines is 1. The van der Waals surface area contributed by atoms with Crippen LogP contribution in [0.15, 0.2) is 71.8 Å². The van der Waals surface area contributed by atoms with E-state index < -0.39 is 29.1 Å². The summed E-state index contributed by atoms with van der Waals surface area (Å²) in [4.78, 5) is 43.8. The van der Waals surface area contributed by atoms with Crippen LogP contribution in [0, 0.1) is 11.3 Å². The topological polar surface area (TPSA) is 84.7 Å². The van der Waals surface area contributed by atoms with Gasteiger partial charge >= 0.3 is 6.18 Å². The summed E-state index contributed by atoms with van der Waals surface area (Å²) in [6.07, 6.45) is -3.09. The van der Waals surface area contributed by atoms with E-state index >= 15 is 0 Å². The first-order chi connectivity index (χ1) is 20.1. The third-order valence-electron chi connectivity index (χ3n) is 7.93. The fraction of sp³-hybridized carbons (Fsp3) is 0.312. The Morgan fingerprint density at radius 3 is 2.31 bits per heavy atom. The first-order valence-electron chi connectivity index (χ1n) is 13.8. The average molecular weight is 575 g/mol. The summed E-state index contributed by atoms with van der Waals surface area (Å²) < 4.78 is 40.3. The average Bonchev–Trinajstić information content (AvgIpc) is 3.20. The van der Waals surface area contributed by atoms with E-state index in [1.807, 2.05) is 47.4 Å². The van der Waals surface area contributed by atoms with E-state index in [2.05, 4.69) is 4.90 Å². The molecule has 42 heavy (non-hydrogen) atoms. The Kier molecular flexibility index (Phi) is 8.14. The zero-order valence-corrected chi connectivity index (χ0v) is 23.1. The molecule has 3 aromatic rings. The normalized spacial score (nSPS) is 16.5. The second kappa shape index (κ2) is 11.8. The number of unbranched alkanes of at least 4 members (excludes halogenated alkanes) is 1. The van der Waals surface area contributed by atoms with Gasteiger partial charge in [0.1, 0.15) is 0 Å². The number of carbonyl (C=O) groups excluding carboxylic acids is 3. The third-order valence-corrected chi connectivity index (χ3v) is 7.93. The Balaban J connectivity index is 1.12. The van der Waals surface area contributed by atoms with Crippen LogP contribution in [0.3, 0.4) is 0 Å². The SMILES string of the molecule is CC1=C(CCCCN2CCN(C(=O)c3ccc4ccccc4c3)CC2)C(=O)N(c2ccc(C#N)c(C(F)(F)F)c2)C1=O. The van der Waals surface area contributed by atoms with Crippen LogP contribution in [0.1, 0.15) is 47.7 Å². The zero-order valence-electron chi connectivity index (χ0n) is 23.1.